The number of aliphatic carboxylic acids is 1. The molecule has 1 unspecified atom stereocenters. The molecule has 2 heterocycles. The fraction of sp³-hybridized carbons (Fsp3) is 0.417. The van der Waals surface area contributed by atoms with Gasteiger partial charge < -0.3 is 5.11 Å². The third-order valence-electron chi connectivity index (χ3n) is 6.04. The molecule has 3 aromatic rings. The lowest BCUT2D eigenvalue weighted by Gasteiger charge is -2.21. The van der Waals surface area contributed by atoms with Crippen molar-refractivity contribution in [1.82, 2.24) is 4.98 Å². The molecule has 1 aliphatic rings. The van der Waals surface area contributed by atoms with Crippen LogP contribution in [0.4, 0.5) is 13.2 Å². The molecule has 4 rings (SSSR count). The first-order chi connectivity index (χ1) is 15.2. The summed E-state index contributed by atoms with van der Waals surface area (Å²) in [5.74, 6) is -2.20. The second-order valence-corrected chi connectivity index (χ2v) is 9.82. The number of halogens is 4. The molecule has 1 atom stereocenters. The highest BCUT2D eigenvalue weighted by Gasteiger charge is 2.32. The quantitative estimate of drug-likeness (QED) is 0.392. The van der Waals surface area contributed by atoms with E-state index in [0.29, 0.717) is 16.3 Å². The predicted octanol–water partition coefficient (Wildman–Crippen LogP) is 7.70. The summed E-state index contributed by atoms with van der Waals surface area (Å²) in [6, 6.07) is 7.17. The van der Waals surface area contributed by atoms with Crippen molar-refractivity contribution in [3.05, 3.63) is 51.0 Å². The van der Waals surface area contributed by atoms with Gasteiger partial charge in [-0.3, -0.25) is 9.78 Å². The van der Waals surface area contributed by atoms with Crippen molar-refractivity contribution < 1.29 is 23.1 Å². The molecule has 8 heteroatoms. The van der Waals surface area contributed by atoms with Crippen LogP contribution in [0, 0.1) is 6.92 Å². The van der Waals surface area contributed by atoms with Crippen molar-refractivity contribution in [3.8, 4) is 11.1 Å². The number of carbonyl (C=O) groups is 1. The van der Waals surface area contributed by atoms with Crippen molar-refractivity contribution in [2.24, 2.45) is 0 Å². The number of rotatable bonds is 6. The number of fused-ring (bicyclic) bond motifs is 3. The van der Waals surface area contributed by atoms with Gasteiger partial charge in [0.1, 0.15) is 0 Å². The Balaban J connectivity index is 1.92. The smallest absolute Gasteiger partial charge is 0.389 e. The van der Waals surface area contributed by atoms with Gasteiger partial charge in [0.05, 0.1) is 16.1 Å². The first kappa shape index (κ1) is 23.1. The Morgan fingerprint density at radius 2 is 1.91 bits per heavy atom. The Bertz CT molecular complexity index is 1150. The van der Waals surface area contributed by atoms with Crippen LogP contribution in [0.5, 0.6) is 0 Å². The van der Waals surface area contributed by atoms with Gasteiger partial charge in [-0.05, 0) is 74.3 Å². The number of aromatic nitrogens is 1. The van der Waals surface area contributed by atoms with E-state index in [1.165, 1.54) is 10.4 Å². The summed E-state index contributed by atoms with van der Waals surface area (Å²) >= 11 is 7.72. The zero-order chi connectivity index (χ0) is 23.0. The number of benzene rings is 1. The Hall–Kier alpha value is -2.12. The van der Waals surface area contributed by atoms with Crippen molar-refractivity contribution in [2.45, 2.75) is 64.0 Å². The molecule has 2 aromatic heterocycles. The SMILES string of the molecule is Cc1nc2c3c(sc2c(-c2ccc(Cl)cc2)c1C(CCCC(F)(F)F)C(=O)O)CCCC3. The molecule has 0 spiro atoms. The Kier molecular flexibility index (Phi) is 6.50. The number of aryl methyl sites for hydroxylation is 3. The van der Waals surface area contributed by atoms with Crippen LogP contribution in [0.25, 0.3) is 21.3 Å². The van der Waals surface area contributed by atoms with Crippen molar-refractivity contribution in [1.29, 1.82) is 0 Å². The number of nitrogens with zero attached hydrogens (tertiary/aromatic N) is 1. The van der Waals surface area contributed by atoms with Crippen molar-refractivity contribution in [3.63, 3.8) is 0 Å². The zero-order valence-corrected chi connectivity index (χ0v) is 19.1. The van der Waals surface area contributed by atoms with Crippen LogP contribution in [-0.2, 0) is 17.6 Å². The minimum atomic E-state index is -4.31. The molecule has 3 nitrogen and oxygen atoms in total. The maximum Gasteiger partial charge on any atom is 0.389 e. The molecule has 0 amide bonds. The highest BCUT2D eigenvalue weighted by molar-refractivity contribution is 7.19. The van der Waals surface area contributed by atoms with Crippen LogP contribution in [-0.4, -0.2) is 22.2 Å². The molecule has 1 aromatic carbocycles. The fourth-order valence-corrected chi connectivity index (χ4v) is 6.13. The summed E-state index contributed by atoms with van der Waals surface area (Å²) < 4.78 is 39.1. The third-order valence-corrected chi connectivity index (χ3v) is 7.59. The summed E-state index contributed by atoms with van der Waals surface area (Å²) in [6.07, 6.45) is -1.56. The van der Waals surface area contributed by atoms with Crippen LogP contribution in [0.15, 0.2) is 24.3 Å². The monoisotopic (exact) mass is 481 g/mol. The van der Waals surface area contributed by atoms with Gasteiger partial charge in [-0.2, -0.15) is 13.2 Å². The predicted molar refractivity (Wildman–Crippen MR) is 122 cm³/mol. The molecule has 170 valence electrons. The number of hydrogen-bond acceptors (Lipinski definition) is 3. The Labute approximate surface area is 193 Å². The number of thiophene rings is 1. The second-order valence-electron chi connectivity index (χ2n) is 8.28. The Morgan fingerprint density at radius 3 is 2.56 bits per heavy atom. The minimum Gasteiger partial charge on any atom is -0.481 e. The van der Waals surface area contributed by atoms with Gasteiger partial charge in [0.15, 0.2) is 0 Å². The number of alkyl halides is 3. The summed E-state index contributed by atoms with van der Waals surface area (Å²) in [4.78, 5) is 18.3. The van der Waals surface area contributed by atoms with Crippen LogP contribution >= 0.6 is 22.9 Å². The fourth-order valence-electron chi connectivity index (χ4n) is 4.60. The first-order valence-electron chi connectivity index (χ1n) is 10.7. The van der Waals surface area contributed by atoms with Crippen LogP contribution in [0.2, 0.25) is 5.02 Å². The van der Waals surface area contributed by atoms with E-state index in [1.54, 1.807) is 30.4 Å². The highest BCUT2D eigenvalue weighted by Crippen LogP contribution is 2.45. The minimum absolute atomic E-state index is 0.103. The standard InChI is InChI=1S/C24H23ClF3NO2S/c1-13-19(17(23(30)31)6-4-12-24(26,27)28)20(14-8-10-15(25)11-9-14)22-21(29-13)16-5-2-3-7-18(16)32-22/h8-11,17H,2-7,12H2,1H3,(H,30,31). The molecule has 1 N–H and O–H groups in total. The molecule has 0 saturated carbocycles. The molecule has 0 radical (unpaired) electrons. The summed E-state index contributed by atoms with van der Waals surface area (Å²) in [6.45, 7) is 1.76. The van der Waals surface area contributed by atoms with Crippen LogP contribution in [0.3, 0.4) is 0 Å². The van der Waals surface area contributed by atoms with Gasteiger partial charge in [0.2, 0.25) is 0 Å². The van der Waals surface area contributed by atoms with E-state index in [-0.39, 0.29) is 12.8 Å². The van der Waals surface area contributed by atoms with Gasteiger partial charge in [0, 0.05) is 27.6 Å². The molecule has 0 aliphatic heterocycles. The van der Waals surface area contributed by atoms with Gasteiger partial charge in [-0.1, -0.05) is 23.7 Å². The third kappa shape index (κ3) is 4.64. The maximum atomic E-state index is 12.7. The molecule has 0 bridgehead atoms. The van der Waals surface area contributed by atoms with E-state index in [4.69, 9.17) is 16.6 Å². The first-order valence-corrected chi connectivity index (χ1v) is 11.9. The van der Waals surface area contributed by atoms with Gasteiger partial charge in [-0.15, -0.1) is 11.3 Å². The van der Waals surface area contributed by atoms with Crippen LogP contribution in [0.1, 0.15) is 59.7 Å². The van der Waals surface area contributed by atoms with Gasteiger partial charge in [-0.25, -0.2) is 0 Å². The van der Waals surface area contributed by atoms with Crippen molar-refractivity contribution >= 4 is 39.1 Å². The zero-order valence-electron chi connectivity index (χ0n) is 17.6. The topological polar surface area (TPSA) is 50.2 Å². The van der Waals surface area contributed by atoms with E-state index >= 15 is 0 Å². The van der Waals surface area contributed by atoms with Crippen molar-refractivity contribution in [2.75, 3.05) is 0 Å². The Morgan fingerprint density at radius 1 is 1.22 bits per heavy atom. The van der Waals surface area contributed by atoms with E-state index in [1.807, 2.05) is 12.1 Å². The normalized spacial score (nSPS) is 15.0. The number of pyridine rings is 1. The average molecular weight is 482 g/mol. The molecule has 1 aliphatic carbocycles. The van der Waals surface area contributed by atoms with E-state index in [2.05, 4.69) is 0 Å². The lowest BCUT2D eigenvalue weighted by atomic mass is 9.85. The molecule has 32 heavy (non-hydrogen) atoms. The lowest BCUT2D eigenvalue weighted by molar-refractivity contribution is -0.142. The van der Waals surface area contributed by atoms with Gasteiger partial charge >= 0.3 is 12.1 Å². The summed E-state index contributed by atoms with van der Waals surface area (Å²) in [7, 11) is 0. The largest absolute Gasteiger partial charge is 0.481 e. The van der Waals surface area contributed by atoms with E-state index in [9.17, 15) is 23.1 Å². The number of carboxylic acids is 1. The van der Waals surface area contributed by atoms with E-state index < -0.39 is 24.5 Å². The summed E-state index contributed by atoms with van der Waals surface area (Å²) in [5.41, 5.74) is 4.77. The van der Waals surface area contributed by atoms with Crippen LogP contribution < -0.4 is 0 Å². The molecular formula is C24H23ClF3NO2S. The highest BCUT2D eigenvalue weighted by atomic mass is 35.5. The number of carboxylic acid groups (broad SMARTS) is 1. The maximum absolute atomic E-state index is 12.7. The average Bonchev–Trinajstić information content (AvgIpc) is 3.09. The number of hydrogen-bond donors (Lipinski definition) is 1. The lowest BCUT2D eigenvalue weighted by Crippen LogP contribution is -2.17. The molecular weight excluding hydrogens is 459 g/mol. The summed E-state index contributed by atoms with van der Waals surface area (Å²) in [5, 5.41) is 10.6. The molecule has 0 fully saturated rings. The molecule has 0 saturated heterocycles. The van der Waals surface area contributed by atoms with E-state index in [0.717, 1.165) is 47.0 Å². The second kappa shape index (κ2) is 9.02. The van der Waals surface area contributed by atoms with Gasteiger partial charge in [0.25, 0.3) is 0 Å².